The van der Waals surface area contributed by atoms with Gasteiger partial charge in [-0.2, -0.15) is 0 Å². The average molecular weight is 317 g/mol. The summed E-state index contributed by atoms with van der Waals surface area (Å²) in [4.78, 5) is 13.2. The Bertz CT molecular complexity index is 392. The second-order valence-electron chi connectivity index (χ2n) is 4.75. The molecule has 0 unspecified atom stereocenters. The molecular formula is C13H17BrO2S. The smallest absolute Gasteiger partial charge is 0.169 e. The maximum Gasteiger partial charge on any atom is 0.169 e. The first-order chi connectivity index (χ1) is 8.10. The third-order valence-electron chi connectivity index (χ3n) is 3.41. The van der Waals surface area contributed by atoms with Crippen molar-refractivity contribution in [3.63, 3.8) is 0 Å². The largest absolute Gasteiger partial charge is 0.382 e. The standard InChI is InChI=1S/C13H17BrO2S/c14-12-6-5-10(17-12)9-11(15)13(16)7-3-1-2-4-8-13/h5-6,16H,1-4,7-9H2. The molecule has 2 nitrogen and oxygen atoms in total. The van der Waals surface area contributed by atoms with Crippen LogP contribution in [-0.4, -0.2) is 16.5 Å². The molecule has 0 amide bonds. The third kappa shape index (κ3) is 3.39. The summed E-state index contributed by atoms with van der Waals surface area (Å²) < 4.78 is 1.04. The fourth-order valence-corrected chi connectivity index (χ4v) is 3.84. The van der Waals surface area contributed by atoms with E-state index in [4.69, 9.17) is 0 Å². The molecule has 0 saturated heterocycles. The van der Waals surface area contributed by atoms with Crippen molar-refractivity contribution in [2.75, 3.05) is 0 Å². The zero-order valence-corrected chi connectivity index (χ0v) is 12.1. The molecule has 1 fully saturated rings. The number of carbonyl (C=O) groups excluding carboxylic acids is 1. The van der Waals surface area contributed by atoms with E-state index in [1.165, 1.54) is 0 Å². The number of halogens is 1. The van der Waals surface area contributed by atoms with Gasteiger partial charge in [0.2, 0.25) is 0 Å². The van der Waals surface area contributed by atoms with E-state index in [0.717, 1.165) is 34.3 Å². The SMILES string of the molecule is O=C(Cc1ccc(Br)s1)C1(O)CCCCCC1. The molecule has 0 atom stereocenters. The third-order valence-corrected chi connectivity index (χ3v) is 5.04. The fourth-order valence-electron chi connectivity index (χ4n) is 2.36. The van der Waals surface area contributed by atoms with Crippen LogP contribution in [0.4, 0.5) is 0 Å². The summed E-state index contributed by atoms with van der Waals surface area (Å²) in [6.45, 7) is 0. The van der Waals surface area contributed by atoms with E-state index in [1.807, 2.05) is 12.1 Å². The van der Waals surface area contributed by atoms with Crippen LogP contribution >= 0.6 is 27.3 Å². The van der Waals surface area contributed by atoms with Gasteiger partial charge in [0.05, 0.1) is 3.79 Å². The molecule has 17 heavy (non-hydrogen) atoms. The summed E-state index contributed by atoms with van der Waals surface area (Å²) >= 11 is 4.96. The van der Waals surface area contributed by atoms with Crippen LogP contribution in [0.2, 0.25) is 0 Å². The predicted molar refractivity (Wildman–Crippen MR) is 73.4 cm³/mol. The second kappa shape index (κ2) is 5.63. The Kier molecular flexibility index (Phi) is 4.39. The number of hydrogen-bond donors (Lipinski definition) is 1. The lowest BCUT2D eigenvalue weighted by molar-refractivity contribution is -0.137. The Labute approximate surface area is 114 Å². The van der Waals surface area contributed by atoms with Gasteiger partial charge >= 0.3 is 0 Å². The van der Waals surface area contributed by atoms with Crippen LogP contribution in [0.15, 0.2) is 15.9 Å². The molecule has 2 rings (SSSR count). The summed E-state index contributed by atoms with van der Waals surface area (Å²) in [5.41, 5.74) is -1.06. The lowest BCUT2D eigenvalue weighted by atomic mass is 9.88. The molecular weight excluding hydrogens is 300 g/mol. The zero-order valence-electron chi connectivity index (χ0n) is 9.75. The molecule has 0 bridgehead atoms. The van der Waals surface area contributed by atoms with Gasteiger partial charge in [-0.3, -0.25) is 4.79 Å². The molecule has 1 aliphatic carbocycles. The second-order valence-corrected chi connectivity index (χ2v) is 7.30. The van der Waals surface area contributed by atoms with Crippen molar-refractivity contribution in [1.29, 1.82) is 0 Å². The van der Waals surface area contributed by atoms with E-state index in [-0.39, 0.29) is 5.78 Å². The van der Waals surface area contributed by atoms with Gasteiger partial charge in [-0.25, -0.2) is 0 Å². The van der Waals surface area contributed by atoms with Gasteiger partial charge in [-0.15, -0.1) is 11.3 Å². The van der Waals surface area contributed by atoms with Gasteiger partial charge < -0.3 is 5.11 Å². The van der Waals surface area contributed by atoms with Crippen molar-refractivity contribution in [2.24, 2.45) is 0 Å². The lowest BCUT2D eigenvalue weighted by Gasteiger charge is -2.24. The van der Waals surface area contributed by atoms with Gasteiger partial charge in [0, 0.05) is 11.3 Å². The molecule has 1 aromatic heterocycles. The highest BCUT2D eigenvalue weighted by molar-refractivity contribution is 9.11. The number of aliphatic hydroxyl groups is 1. The Balaban J connectivity index is 2.02. The highest BCUT2D eigenvalue weighted by Gasteiger charge is 2.35. The molecule has 1 aliphatic rings. The maximum absolute atomic E-state index is 12.2. The fraction of sp³-hybridized carbons (Fsp3) is 0.615. The zero-order chi connectivity index (χ0) is 12.3. The van der Waals surface area contributed by atoms with Crippen LogP contribution in [-0.2, 0) is 11.2 Å². The quantitative estimate of drug-likeness (QED) is 0.863. The number of ketones is 1. The van der Waals surface area contributed by atoms with Crippen LogP contribution < -0.4 is 0 Å². The van der Waals surface area contributed by atoms with Crippen molar-refractivity contribution in [3.8, 4) is 0 Å². The Morgan fingerprint density at radius 3 is 2.47 bits per heavy atom. The monoisotopic (exact) mass is 316 g/mol. The van der Waals surface area contributed by atoms with Crippen LogP contribution in [0.25, 0.3) is 0 Å². The minimum Gasteiger partial charge on any atom is -0.382 e. The summed E-state index contributed by atoms with van der Waals surface area (Å²) in [5.74, 6) is -0.00579. The van der Waals surface area contributed by atoms with Crippen LogP contribution in [0, 0.1) is 0 Å². The Morgan fingerprint density at radius 1 is 1.29 bits per heavy atom. The number of thiophene rings is 1. The predicted octanol–water partition coefficient (Wildman–Crippen LogP) is 3.71. The summed E-state index contributed by atoms with van der Waals surface area (Å²) in [6.07, 6.45) is 5.86. The highest BCUT2D eigenvalue weighted by atomic mass is 79.9. The molecule has 1 aromatic rings. The summed E-state index contributed by atoms with van der Waals surface area (Å²) in [7, 11) is 0. The maximum atomic E-state index is 12.2. The molecule has 0 aliphatic heterocycles. The van der Waals surface area contributed by atoms with Crippen molar-refractivity contribution >= 4 is 33.0 Å². The minimum absolute atomic E-state index is 0.00579. The van der Waals surface area contributed by atoms with Crippen molar-refractivity contribution in [2.45, 2.75) is 50.5 Å². The molecule has 4 heteroatoms. The van der Waals surface area contributed by atoms with Crippen molar-refractivity contribution in [3.05, 3.63) is 20.8 Å². The van der Waals surface area contributed by atoms with Crippen LogP contribution in [0.1, 0.15) is 43.4 Å². The summed E-state index contributed by atoms with van der Waals surface area (Å²) in [6, 6.07) is 3.90. The topological polar surface area (TPSA) is 37.3 Å². The number of rotatable bonds is 3. The van der Waals surface area contributed by atoms with E-state index >= 15 is 0 Å². The summed E-state index contributed by atoms with van der Waals surface area (Å²) in [5, 5.41) is 10.4. The van der Waals surface area contributed by atoms with Crippen molar-refractivity contribution < 1.29 is 9.90 Å². The number of hydrogen-bond acceptors (Lipinski definition) is 3. The Morgan fingerprint density at radius 2 is 1.94 bits per heavy atom. The van der Waals surface area contributed by atoms with Gasteiger partial charge in [0.1, 0.15) is 5.60 Å². The number of carbonyl (C=O) groups is 1. The van der Waals surface area contributed by atoms with Crippen molar-refractivity contribution in [1.82, 2.24) is 0 Å². The highest BCUT2D eigenvalue weighted by Crippen LogP contribution is 2.30. The Hall–Kier alpha value is -0.190. The van der Waals surface area contributed by atoms with Gasteiger partial charge in [-0.1, -0.05) is 25.7 Å². The van der Waals surface area contributed by atoms with E-state index in [9.17, 15) is 9.90 Å². The molecule has 1 N–H and O–H groups in total. The van der Waals surface area contributed by atoms with E-state index in [0.29, 0.717) is 19.3 Å². The normalized spacial score (nSPS) is 19.9. The first-order valence-corrected chi connectivity index (χ1v) is 7.71. The lowest BCUT2D eigenvalue weighted by Crippen LogP contribution is -2.39. The molecule has 94 valence electrons. The minimum atomic E-state index is -1.06. The molecule has 0 radical (unpaired) electrons. The van der Waals surface area contributed by atoms with Gasteiger partial charge in [-0.05, 0) is 40.9 Å². The number of Topliss-reactive ketones (excluding diaryl/α,β-unsaturated/α-hetero) is 1. The molecule has 0 spiro atoms. The first kappa shape index (κ1) is 13.2. The van der Waals surface area contributed by atoms with Gasteiger partial charge in [0.25, 0.3) is 0 Å². The van der Waals surface area contributed by atoms with E-state index in [2.05, 4.69) is 15.9 Å². The van der Waals surface area contributed by atoms with Gasteiger partial charge in [0.15, 0.2) is 5.78 Å². The van der Waals surface area contributed by atoms with E-state index < -0.39 is 5.60 Å². The molecule has 0 aromatic carbocycles. The average Bonchev–Trinajstić information content (AvgIpc) is 2.56. The first-order valence-electron chi connectivity index (χ1n) is 6.10. The molecule has 1 heterocycles. The van der Waals surface area contributed by atoms with Crippen LogP contribution in [0.5, 0.6) is 0 Å². The van der Waals surface area contributed by atoms with E-state index in [1.54, 1.807) is 11.3 Å². The van der Waals surface area contributed by atoms with Crippen LogP contribution in [0.3, 0.4) is 0 Å². The molecule has 1 saturated carbocycles.